The van der Waals surface area contributed by atoms with Crippen LogP contribution in [0.4, 0.5) is 5.00 Å². The van der Waals surface area contributed by atoms with Gasteiger partial charge in [-0.05, 0) is 59.9 Å². The van der Waals surface area contributed by atoms with Crippen LogP contribution in [-0.4, -0.2) is 21.0 Å². The standard InChI is InChI=1S/C29H25N3O2S2/c1-3-8-21-19(2)9-6-13-24(21)28(33)31-29-25(17-30)23-15-16-32(18-26(23)35-29)36(34)27-14-7-11-20-10-4-5-12-22(20)27/h3-14H,15-16,18H2,1-2H3,(H,31,33)/b8-3-. The lowest BCUT2D eigenvalue weighted by atomic mass is 10.0. The Hall–Kier alpha value is -3.57. The van der Waals surface area contributed by atoms with Gasteiger partial charge in [0.05, 0.1) is 10.5 Å². The molecule has 3 aromatic carbocycles. The van der Waals surface area contributed by atoms with E-state index in [4.69, 9.17) is 0 Å². The number of fused-ring (bicyclic) bond motifs is 2. The first-order valence-electron chi connectivity index (χ1n) is 11.7. The number of nitriles is 1. The number of amides is 1. The van der Waals surface area contributed by atoms with Crippen molar-refractivity contribution in [3.63, 3.8) is 0 Å². The van der Waals surface area contributed by atoms with Crippen LogP contribution in [0.3, 0.4) is 0 Å². The zero-order valence-electron chi connectivity index (χ0n) is 20.1. The first kappa shape index (κ1) is 24.1. The molecule has 5 nitrogen and oxygen atoms in total. The van der Waals surface area contributed by atoms with Gasteiger partial charge in [0, 0.05) is 23.5 Å². The molecular formula is C29H25N3O2S2. The van der Waals surface area contributed by atoms with Gasteiger partial charge < -0.3 is 5.32 Å². The largest absolute Gasteiger partial charge is 0.312 e. The van der Waals surface area contributed by atoms with Crippen LogP contribution < -0.4 is 5.32 Å². The van der Waals surface area contributed by atoms with E-state index < -0.39 is 11.0 Å². The third kappa shape index (κ3) is 4.40. The number of carbonyl (C=O) groups excluding carboxylic acids is 1. The topological polar surface area (TPSA) is 73.2 Å². The second-order valence-electron chi connectivity index (χ2n) is 8.65. The summed E-state index contributed by atoms with van der Waals surface area (Å²) in [5.74, 6) is -0.238. The molecule has 0 radical (unpaired) electrons. The Kier molecular flexibility index (Phi) is 6.84. The summed E-state index contributed by atoms with van der Waals surface area (Å²) >= 11 is 1.40. The highest BCUT2D eigenvalue weighted by molar-refractivity contribution is 7.83. The number of aryl methyl sites for hydroxylation is 1. The molecule has 36 heavy (non-hydrogen) atoms. The van der Waals surface area contributed by atoms with E-state index in [1.807, 2.05) is 84.9 Å². The number of hydrogen-bond acceptors (Lipinski definition) is 4. The van der Waals surface area contributed by atoms with Gasteiger partial charge in [0.15, 0.2) is 0 Å². The van der Waals surface area contributed by atoms with Crippen LogP contribution >= 0.6 is 11.3 Å². The van der Waals surface area contributed by atoms with Crippen molar-refractivity contribution in [3.05, 3.63) is 99.4 Å². The van der Waals surface area contributed by atoms with Gasteiger partial charge >= 0.3 is 0 Å². The molecule has 1 amide bonds. The first-order chi connectivity index (χ1) is 17.5. The van der Waals surface area contributed by atoms with Crippen LogP contribution in [0.15, 0.2) is 71.6 Å². The van der Waals surface area contributed by atoms with Crippen molar-refractivity contribution >= 4 is 50.1 Å². The number of thiophene rings is 1. The maximum absolute atomic E-state index is 13.6. The van der Waals surface area contributed by atoms with Crippen LogP contribution in [0.5, 0.6) is 0 Å². The Labute approximate surface area is 217 Å². The summed E-state index contributed by atoms with van der Waals surface area (Å²) in [6.07, 6.45) is 4.44. The van der Waals surface area contributed by atoms with Crippen molar-refractivity contribution < 1.29 is 9.00 Å². The highest BCUT2D eigenvalue weighted by Crippen LogP contribution is 2.38. The zero-order chi connectivity index (χ0) is 25.2. The normalized spacial score (nSPS) is 14.5. The summed E-state index contributed by atoms with van der Waals surface area (Å²) in [6.45, 7) is 4.93. The molecule has 1 aliphatic heterocycles. The van der Waals surface area contributed by atoms with Gasteiger partial charge in [-0.25, -0.2) is 8.51 Å². The van der Waals surface area contributed by atoms with Gasteiger partial charge in [0.2, 0.25) is 0 Å². The minimum absolute atomic E-state index is 0.238. The molecule has 0 spiro atoms. The number of allylic oxidation sites excluding steroid dienone is 1. The SMILES string of the molecule is C/C=C\c1c(C)cccc1C(=O)Nc1sc2c(c1C#N)CCN(S(=O)c1cccc3ccccc13)C2. The van der Waals surface area contributed by atoms with E-state index in [2.05, 4.69) is 11.4 Å². The fraction of sp³-hybridized carbons (Fsp3) is 0.172. The summed E-state index contributed by atoms with van der Waals surface area (Å²) in [5.41, 5.74) is 3.91. The smallest absolute Gasteiger partial charge is 0.256 e. The van der Waals surface area contributed by atoms with E-state index >= 15 is 0 Å². The minimum atomic E-state index is -1.34. The van der Waals surface area contributed by atoms with Gasteiger partial charge in [-0.15, -0.1) is 11.3 Å². The minimum Gasteiger partial charge on any atom is -0.312 e. The Morgan fingerprint density at radius 1 is 1.14 bits per heavy atom. The van der Waals surface area contributed by atoms with Crippen LogP contribution in [-0.2, 0) is 24.0 Å². The third-order valence-electron chi connectivity index (χ3n) is 6.44. The summed E-state index contributed by atoms with van der Waals surface area (Å²) in [7, 11) is -1.34. The molecule has 0 saturated heterocycles. The lowest BCUT2D eigenvalue weighted by Crippen LogP contribution is -2.31. The highest BCUT2D eigenvalue weighted by Gasteiger charge is 2.29. The van der Waals surface area contributed by atoms with Gasteiger partial charge in [0.25, 0.3) is 5.91 Å². The van der Waals surface area contributed by atoms with Crippen molar-refractivity contribution in [1.29, 1.82) is 5.26 Å². The Morgan fingerprint density at radius 2 is 1.92 bits per heavy atom. The van der Waals surface area contributed by atoms with Gasteiger partial charge in [-0.3, -0.25) is 4.79 Å². The molecule has 1 atom stereocenters. The molecular weight excluding hydrogens is 486 g/mol. The molecule has 0 bridgehead atoms. The molecule has 1 N–H and O–H groups in total. The average molecular weight is 512 g/mol. The van der Waals surface area contributed by atoms with Gasteiger partial charge in [-0.1, -0.05) is 60.7 Å². The summed E-state index contributed by atoms with van der Waals surface area (Å²) in [4.78, 5) is 15.0. The third-order valence-corrected chi connectivity index (χ3v) is 9.08. The monoisotopic (exact) mass is 511 g/mol. The first-order valence-corrected chi connectivity index (χ1v) is 13.7. The molecule has 180 valence electrons. The molecule has 0 fully saturated rings. The van der Waals surface area contributed by atoms with Gasteiger partial charge in [-0.2, -0.15) is 5.26 Å². The molecule has 2 heterocycles. The Bertz CT molecular complexity index is 1570. The molecule has 5 rings (SSSR count). The lowest BCUT2D eigenvalue weighted by Gasteiger charge is -2.26. The van der Waals surface area contributed by atoms with Gasteiger partial charge in [0.1, 0.15) is 22.1 Å². The molecule has 1 unspecified atom stereocenters. The molecule has 7 heteroatoms. The van der Waals surface area contributed by atoms with E-state index in [0.29, 0.717) is 35.6 Å². The van der Waals surface area contributed by atoms with Crippen LogP contribution in [0.1, 0.15) is 44.4 Å². The molecule has 0 saturated carbocycles. The fourth-order valence-corrected chi connectivity index (χ4v) is 7.29. The van der Waals surface area contributed by atoms with E-state index in [9.17, 15) is 14.3 Å². The van der Waals surface area contributed by atoms with Crippen molar-refractivity contribution in [2.45, 2.75) is 31.7 Å². The lowest BCUT2D eigenvalue weighted by molar-refractivity contribution is 0.102. The predicted octanol–water partition coefficient (Wildman–Crippen LogP) is 6.45. The molecule has 1 aromatic heterocycles. The predicted molar refractivity (Wildman–Crippen MR) is 147 cm³/mol. The number of nitrogens with zero attached hydrogens (tertiary/aromatic N) is 2. The summed E-state index contributed by atoms with van der Waals surface area (Å²) < 4.78 is 15.5. The second-order valence-corrected chi connectivity index (χ2v) is 11.2. The summed E-state index contributed by atoms with van der Waals surface area (Å²) in [6, 6.07) is 21.8. The Balaban J connectivity index is 1.43. The van der Waals surface area contributed by atoms with Crippen LogP contribution in [0, 0.1) is 18.3 Å². The number of rotatable bonds is 5. The van der Waals surface area contributed by atoms with Crippen molar-refractivity contribution in [2.75, 3.05) is 11.9 Å². The number of anilines is 1. The molecule has 4 aromatic rings. The number of carbonyl (C=O) groups is 1. The number of hydrogen-bond donors (Lipinski definition) is 1. The average Bonchev–Trinajstić information content (AvgIpc) is 3.25. The quantitative estimate of drug-likeness (QED) is 0.335. The van der Waals surface area contributed by atoms with E-state index in [-0.39, 0.29) is 5.91 Å². The fourth-order valence-electron chi connectivity index (χ4n) is 4.65. The maximum atomic E-state index is 13.6. The molecule has 0 aliphatic carbocycles. The van der Waals surface area contributed by atoms with E-state index in [1.54, 1.807) is 6.07 Å². The summed E-state index contributed by atoms with van der Waals surface area (Å²) in [5, 5.41) is 15.5. The maximum Gasteiger partial charge on any atom is 0.256 e. The van der Waals surface area contributed by atoms with Crippen molar-refractivity contribution in [1.82, 2.24) is 4.31 Å². The van der Waals surface area contributed by atoms with Crippen molar-refractivity contribution in [3.8, 4) is 6.07 Å². The Morgan fingerprint density at radius 3 is 2.72 bits per heavy atom. The van der Waals surface area contributed by atoms with Crippen LogP contribution in [0.25, 0.3) is 16.8 Å². The number of benzene rings is 3. The van der Waals surface area contributed by atoms with Crippen LogP contribution in [0.2, 0.25) is 0 Å². The van der Waals surface area contributed by atoms with Crippen molar-refractivity contribution in [2.24, 2.45) is 0 Å². The highest BCUT2D eigenvalue weighted by atomic mass is 32.2. The number of nitrogens with one attached hydrogen (secondary N) is 1. The van der Waals surface area contributed by atoms with E-state index in [1.165, 1.54) is 11.3 Å². The zero-order valence-corrected chi connectivity index (χ0v) is 21.7. The molecule has 1 aliphatic rings. The van der Waals surface area contributed by atoms with E-state index in [0.717, 1.165) is 37.2 Å². The second kappa shape index (κ2) is 10.2.